The van der Waals surface area contributed by atoms with Crippen molar-refractivity contribution in [1.82, 2.24) is 9.80 Å². The van der Waals surface area contributed by atoms with Gasteiger partial charge in [-0.15, -0.1) is 13.2 Å². The fourth-order valence-electron chi connectivity index (χ4n) is 2.73. The summed E-state index contributed by atoms with van der Waals surface area (Å²) < 4.78 is 41.3. The Morgan fingerprint density at radius 3 is 2.54 bits per heavy atom. The highest BCUT2D eigenvalue weighted by molar-refractivity contribution is 7.07. The molecule has 0 bridgehead atoms. The van der Waals surface area contributed by atoms with Crippen molar-refractivity contribution in [1.29, 1.82) is 0 Å². The first-order valence-corrected chi connectivity index (χ1v) is 8.99. The van der Waals surface area contributed by atoms with Gasteiger partial charge in [-0.25, -0.2) is 4.79 Å². The van der Waals surface area contributed by atoms with Crippen molar-refractivity contribution >= 4 is 23.1 Å². The molecule has 0 spiro atoms. The van der Waals surface area contributed by atoms with Crippen molar-refractivity contribution in [2.24, 2.45) is 0 Å². The Morgan fingerprint density at radius 1 is 1.15 bits per heavy atom. The van der Waals surface area contributed by atoms with Gasteiger partial charge in [0.2, 0.25) is 0 Å². The van der Waals surface area contributed by atoms with E-state index in [1.807, 2.05) is 5.38 Å². The fourth-order valence-corrected chi connectivity index (χ4v) is 3.39. The number of amides is 2. The maximum atomic E-state index is 12.5. The minimum Gasteiger partial charge on any atom is -0.404 e. The maximum absolute atomic E-state index is 12.5. The summed E-state index contributed by atoms with van der Waals surface area (Å²) in [5.74, 6) is -0.426. The van der Waals surface area contributed by atoms with Crippen LogP contribution in [0.1, 0.15) is 5.56 Å². The van der Waals surface area contributed by atoms with Crippen molar-refractivity contribution < 1.29 is 22.7 Å². The number of hydrogen-bond donors (Lipinski definition) is 1. The molecule has 0 atom stereocenters. The number of hydrogen-bond acceptors (Lipinski definition) is 4. The van der Waals surface area contributed by atoms with Crippen LogP contribution in [0.4, 0.5) is 23.7 Å². The summed E-state index contributed by atoms with van der Waals surface area (Å²) in [5, 5.41) is 6.63. The molecule has 140 valence electrons. The first-order valence-electron chi connectivity index (χ1n) is 8.05. The number of urea groups is 1. The van der Waals surface area contributed by atoms with Crippen LogP contribution in [0.3, 0.4) is 0 Å². The summed E-state index contributed by atoms with van der Waals surface area (Å²) >= 11 is 1.65. The van der Waals surface area contributed by atoms with Gasteiger partial charge in [0.05, 0.1) is 5.69 Å². The lowest BCUT2D eigenvalue weighted by Gasteiger charge is -2.34. The molecule has 0 aliphatic carbocycles. The highest BCUT2D eigenvalue weighted by Gasteiger charge is 2.32. The van der Waals surface area contributed by atoms with Gasteiger partial charge < -0.3 is 15.0 Å². The number of rotatable bonds is 4. The number of carbonyl (C=O) groups excluding carboxylic acids is 1. The molecule has 26 heavy (non-hydrogen) atoms. The lowest BCUT2D eigenvalue weighted by atomic mass is 10.2. The van der Waals surface area contributed by atoms with Gasteiger partial charge in [0.1, 0.15) is 0 Å². The summed E-state index contributed by atoms with van der Waals surface area (Å²) in [6, 6.07) is 7.14. The molecule has 9 heteroatoms. The van der Waals surface area contributed by atoms with Gasteiger partial charge in [-0.05, 0) is 34.5 Å². The SMILES string of the molecule is O=C(Nc1ccccc1OC(F)(F)F)N1CCN(Cc2ccsc2)CC1. The zero-order valence-electron chi connectivity index (χ0n) is 13.8. The van der Waals surface area contributed by atoms with Gasteiger partial charge in [0, 0.05) is 32.7 Å². The third kappa shape index (κ3) is 5.12. The fraction of sp³-hybridized carbons (Fsp3) is 0.353. The number of alkyl halides is 3. The average Bonchev–Trinajstić information content (AvgIpc) is 3.09. The largest absolute Gasteiger partial charge is 0.573 e. The van der Waals surface area contributed by atoms with Crippen LogP contribution >= 0.6 is 11.3 Å². The average molecular weight is 385 g/mol. The number of nitrogens with one attached hydrogen (secondary N) is 1. The zero-order valence-corrected chi connectivity index (χ0v) is 14.6. The van der Waals surface area contributed by atoms with Gasteiger partial charge in [0.15, 0.2) is 5.75 Å². The second-order valence-corrected chi connectivity index (χ2v) is 6.65. The molecule has 1 aromatic carbocycles. The molecule has 1 aromatic heterocycles. The number of carbonyl (C=O) groups is 1. The van der Waals surface area contributed by atoms with E-state index in [-0.39, 0.29) is 5.69 Å². The molecule has 1 aliphatic heterocycles. The Morgan fingerprint density at radius 2 is 1.88 bits per heavy atom. The number of anilines is 1. The van der Waals surface area contributed by atoms with E-state index in [1.54, 1.807) is 16.2 Å². The molecule has 1 fully saturated rings. The van der Waals surface area contributed by atoms with E-state index < -0.39 is 18.1 Å². The number of halogens is 3. The second kappa shape index (κ2) is 7.96. The van der Waals surface area contributed by atoms with Crippen LogP contribution in [-0.4, -0.2) is 48.4 Å². The summed E-state index contributed by atoms with van der Waals surface area (Å²) in [6.07, 6.45) is -4.81. The van der Waals surface area contributed by atoms with Crippen LogP contribution in [0.2, 0.25) is 0 Å². The van der Waals surface area contributed by atoms with E-state index in [9.17, 15) is 18.0 Å². The van der Waals surface area contributed by atoms with Gasteiger partial charge in [0.25, 0.3) is 0 Å². The Kier molecular flexibility index (Phi) is 5.67. The minimum absolute atomic E-state index is 0.00414. The predicted octanol–water partition coefficient (Wildman–Crippen LogP) is 4.00. The Bertz CT molecular complexity index is 729. The van der Waals surface area contributed by atoms with Gasteiger partial charge in [-0.1, -0.05) is 12.1 Å². The molecule has 0 radical (unpaired) electrons. The van der Waals surface area contributed by atoms with Crippen LogP contribution in [-0.2, 0) is 6.54 Å². The van der Waals surface area contributed by atoms with E-state index in [2.05, 4.69) is 26.4 Å². The van der Waals surface area contributed by atoms with E-state index in [0.717, 1.165) is 6.54 Å². The van der Waals surface area contributed by atoms with Crippen molar-refractivity contribution in [3.63, 3.8) is 0 Å². The summed E-state index contributed by atoms with van der Waals surface area (Å²) in [4.78, 5) is 16.2. The zero-order chi connectivity index (χ0) is 18.6. The summed E-state index contributed by atoms with van der Waals surface area (Å²) in [7, 11) is 0. The molecular formula is C17H18F3N3O2S. The molecular weight excluding hydrogens is 367 g/mol. The van der Waals surface area contributed by atoms with Crippen molar-refractivity contribution in [3.05, 3.63) is 46.7 Å². The number of ether oxygens (including phenoxy) is 1. The monoisotopic (exact) mass is 385 g/mol. The van der Waals surface area contributed by atoms with Crippen LogP contribution < -0.4 is 10.1 Å². The molecule has 2 amide bonds. The van der Waals surface area contributed by atoms with Gasteiger partial charge in [-0.2, -0.15) is 11.3 Å². The van der Waals surface area contributed by atoms with Crippen molar-refractivity contribution in [2.75, 3.05) is 31.5 Å². The van der Waals surface area contributed by atoms with E-state index >= 15 is 0 Å². The Hall–Kier alpha value is -2.26. The van der Waals surface area contributed by atoms with Crippen molar-refractivity contribution in [3.8, 4) is 5.75 Å². The third-order valence-electron chi connectivity index (χ3n) is 4.00. The molecule has 5 nitrogen and oxygen atoms in total. The molecule has 0 saturated carbocycles. The van der Waals surface area contributed by atoms with Crippen LogP contribution in [0, 0.1) is 0 Å². The number of nitrogens with zero attached hydrogens (tertiary/aromatic N) is 2. The Labute approximate surface area is 153 Å². The normalized spacial score (nSPS) is 15.7. The smallest absolute Gasteiger partial charge is 0.404 e. The quantitative estimate of drug-likeness (QED) is 0.865. The third-order valence-corrected chi connectivity index (χ3v) is 4.73. The highest BCUT2D eigenvalue weighted by atomic mass is 32.1. The number of piperazine rings is 1. The minimum atomic E-state index is -4.81. The molecule has 2 aromatic rings. The van der Waals surface area contributed by atoms with Crippen LogP contribution in [0.15, 0.2) is 41.1 Å². The van der Waals surface area contributed by atoms with Crippen molar-refractivity contribution in [2.45, 2.75) is 12.9 Å². The molecule has 1 aliphatic rings. The number of para-hydroxylation sites is 2. The molecule has 0 unspecified atom stereocenters. The maximum Gasteiger partial charge on any atom is 0.573 e. The van der Waals surface area contributed by atoms with E-state index in [0.29, 0.717) is 26.2 Å². The highest BCUT2D eigenvalue weighted by Crippen LogP contribution is 2.30. The topological polar surface area (TPSA) is 44.8 Å². The molecule has 1 saturated heterocycles. The Balaban J connectivity index is 1.55. The first kappa shape index (κ1) is 18.5. The molecule has 1 N–H and O–H groups in total. The summed E-state index contributed by atoms with van der Waals surface area (Å²) in [6.45, 7) is 3.28. The number of benzene rings is 1. The molecule has 3 rings (SSSR count). The van der Waals surface area contributed by atoms with E-state index in [1.165, 1.54) is 29.8 Å². The van der Waals surface area contributed by atoms with Gasteiger partial charge >= 0.3 is 12.4 Å². The number of thiophene rings is 1. The van der Waals surface area contributed by atoms with Gasteiger partial charge in [-0.3, -0.25) is 4.90 Å². The van der Waals surface area contributed by atoms with E-state index in [4.69, 9.17) is 0 Å². The first-order chi connectivity index (χ1) is 12.4. The summed E-state index contributed by atoms with van der Waals surface area (Å²) in [5.41, 5.74) is 1.24. The predicted molar refractivity (Wildman–Crippen MR) is 93.3 cm³/mol. The lowest BCUT2D eigenvalue weighted by molar-refractivity contribution is -0.274. The second-order valence-electron chi connectivity index (χ2n) is 5.87. The van der Waals surface area contributed by atoms with Crippen LogP contribution in [0.5, 0.6) is 5.75 Å². The molecule has 2 heterocycles. The lowest BCUT2D eigenvalue weighted by Crippen LogP contribution is -2.49. The van der Waals surface area contributed by atoms with Crippen LogP contribution in [0.25, 0.3) is 0 Å². The standard InChI is InChI=1S/C17H18F3N3O2S/c18-17(19,20)25-15-4-2-1-3-14(15)21-16(24)23-8-6-22(7-9-23)11-13-5-10-26-12-13/h1-5,10,12H,6-9,11H2,(H,21,24).